The smallest absolute Gasteiger partial charge is 0.257 e. The first-order chi connectivity index (χ1) is 10.0. The van der Waals surface area contributed by atoms with Gasteiger partial charge in [-0.1, -0.05) is 0 Å². The number of nitrogen functional groups attached to an aromatic ring is 1. The van der Waals surface area contributed by atoms with Crippen LogP contribution in [-0.4, -0.2) is 25.1 Å². The molecule has 0 fully saturated rings. The van der Waals surface area contributed by atoms with Crippen molar-refractivity contribution < 1.29 is 14.3 Å². The van der Waals surface area contributed by atoms with Gasteiger partial charge in [0.2, 0.25) is 0 Å². The summed E-state index contributed by atoms with van der Waals surface area (Å²) in [6, 6.07) is 6.74. The zero-order chi connectivity index (χ0) is 15.4. The van der Waals surface area contributed by atoms with E-state index < -0.39 is 0 Å². The summed E-state index contributed by atoms with van der Waals surface area (Å²) in [5.41, 5.74) is 7.68. The van der Waals surface area contributed by atoms with E-state index in [-0.39, 0.29) is 5.91 Å². The van der Waals surface area contributed by atoms with Crippen LogP contribution in [0.25, 0.3) is 0 Å². The standard InChI is InChI=1S/C15H17N3O3/c1-9-12(6-10(16)8-17-9)15(19)18-13-5-4-11(20-2)7-14(13)21-3/h4-8H,16H2,1-3H3,(H,18,19). The number of hydrogen-bond donors (Lipinski definition) is 2. The predicted molar refractivity (Wildman–Crippen MR) is 80.9 cm³/mol. The summed E-state index contributed by atoms with van der Waals surface area (Å²) in [5.74, 6) is 0.861. The van der Waals surface area contributed by atoms with Gasteiger partial charge in [0.05, 0.1) is 43.0 Å². The molecule has 3 N–H and O–H groups in total. The fourth-order valence-electron chi connectivity index (χ4n) is 1.87. The highest BCUT2D eigenvalue weighted by molar-refractivity contribution is 6.06. The Morgan fingerprint density at radius 1 is 1.24 bits per heavy atom. The van der Waals surface area contributed by atoms with Crippen molar-refractivity contribution in [2.45, 2.75) is 6.92 Å². The van der Waals surface area contributed by atoms with Crippen LogP contribution in [0.5, 0.6) is 11.5 Å². The number of methoxy groups -OCH3 is 2. The molecule has 0 atom stereocenters. The van der Waals surface area contributed by atoms with Gasteiger partial charge in [0, 0.05) is 6.07 Å². The summed E-state index contributed by atoms with van der Waals surface area (Å²) < 4.78 is 10.4. The zero-order valence-electron chi connectivity index (χ0n) is 12.1. The number of anilines is 2. The number of ether oxygens (including phenoxy) is 2. The molecule has 2 rings (SSSR count). The molecular weight excluding hydrogens is 270 g/mol. The van der Waals surface area contributed by atoms with Crippen molar-refractivity contribution in [3.05, 3.63) is 41.7 Å². The first kappa shape index (κ1) is 14.6. The third-order valence-corrected chi connectivity index (χ3v) is 3.01. The lowest BCUT2D eigenvalue weighted by Crippen LogP contribution is -2.15. The van der Waals surface area contributed by atoms with E-state index in [0.29, 0.717) is 34.1 Å². The lowest BCUT2D eigenvalue weighted by atomic mass is 10.1. The normalized spacial score (nSPS) is 10.0. The van der Waals surface area contributed by atoms with E-state index in [1.165, 1.54) is 13.3 Å². The Morgan fingerprint density at radius 3 is 2.67 bits per heavy atom. The zero-order valence-corrected chi connectivity index (χ0v) is 12.1. The summed E-state index contributed by atoms with van der Waals surface area (Å²) in [6.07, 6.45) is 1.51. The van der Waals surface area contributed by atoms with Crippen molar-refractivity contribution in [3.8, 4) is 11.5 Å². The number of pyridine rings is 1. The van der Waals surface area contributed by atoms with Gasteiger partial charge in [0.25, 0.3) is 5.91 Å². The molecule has 0 unspecified atom stereocenters. The Labute approximate surface area is 122 Å². The second-order valence-electron chi connectivity index (χ2n) is 4.42. The number of nitrogens with one attached hydrogen (secondary N) is 1. The molecule has 0 aliphatic rings. The maximum Gasteiger partial charge on any atom is 0.257 e. The monoisotopic (exact) mass is 287 g/mol. The minimum atomic E-state index is -0.296. The van der Waals surface area contributed by atoms with Crippen molar-refractivity contribution in [1.29, 1.82) is 0 Å². The molecule has 110 valence electrons. The molecule has 21 heavy (non-hydrogen) atoms. The van der Waals surface area contributed by atoms with Crippen LogP contribution in [0.1, 0.15) is 16.1 Å². The van der Waals surface area contributed by atoms with E-state index in [2.05, 4.69) is 10.3 Å². The summed E-state index contributed by atoms with van der Waals surface area (Å²) in [7, 11) is 3.09. The van der Waals surface area contributed by atoms with Gasteiger partial charge in [-0.2, -0.15) is 0 Å². The van der Waals surface area contributed by atoms with E-state index in [1.807, 2.05) is 0 Å². The average molecular weight is 287 g/mol. The van der Waals surface area contributed by atoms with E-state index in [0.717, 1.165) is 0 Å². The first-order valence-electron chi connectivity index (χ1n) is 6.30. The van der Waals surface area contributed by atoms with Crippen LogP contribution >= 0.6 is 0 Å². The van der Waals surface area contributed by atoms with Crippen molar-refractivity contribution in [2.24, 2.45) is 0 Å². The van der Waals surface area contributed by atoms with Crippen molar-refractivity contribution in [2.75, 3.05) is 25.3 Å². The number of benzene rings is 1. The van der Waals surface area contributed by atoms with Gasteiger partial charge < -0.3 is 20.5 Å². The number of hydrogen-bond acceptors (Lipinski definition) is 5. The van der Waals surface area contributed by atoms with Gasteiger partial charge in [-0.05, 0) is 25.1 Å². The summed E-state index contributed by atoms with van der Waals surface area (Å²) in [6.45, 7) is 1.75. The van der Waals surface area contributed by atoms with Gasteiger partial charge in [0.1, 0.15) is 11.5 Å². The van der Waals surface area contributed by atoms with Crippen LogP contribution in [0.4, 0.5) is 11.4 Å². The lowest BCUT2D eigenvalue weighted by Gasteiger charge is -2.12. The van der Waals surface area contributed by atoms with E-state index in [9.17, 15) is 4.79 Å². The van der Waals surface area contributed by atoms with E-state index in [1.54, 1.807) is 38.3 Å². The minimum absolute atomic E-state index is 0.296. The number of carbonyl (C=O) groups is 1. The molecule has 6 nitrogen and oxygen atoms in total. The number of aryl methyl sites for hydroxylation is 1. The van der Waals surface area contributed by atoms with Crippen LogP contribution in [0.2, 0.25) is 0 Å². The fourth-order valence-corrected chi connectivity index (χ4v) is 1.87. The molecular formula is C15H17N3O3. The Morgan fingerprint density at radius 2 is 2.00 bits per heavy atom. The van der Waals surface area contributed by atoms with Gasteiger partial charge in [-0.3, -0.25) is 9.78 Å². The second-order valence-corrected chi connectivity index (χ2v) is 4.42. The van der Waals surface area contributed by atoms with Gasteiger partial charge in [-0.25, -0.2) is 0 Å². The third-order valence-electron chi connectivity index (χ3n) is 3.01. The van der Waals surface area contributed by atoms with Crippen LogP contribution in [0.15, 0.2) is 30.5 Å². The molecule has 6 heteroatoms. The lowest BCUT2D eigenvalue weighted by molar-refractivity contribution is 0.102. The second kappa shape index (κ2) is 6.13. The predicted octanol–water partition coefficient (Wildman–Crippen LogP) is 2.24. The van der Waals surface area contributed by atoms with Crippen molar-refractivity contribution in [1.82, 2.24) is 4.98 Å². The summed E-state index contributed by atoms with van der Waals surface area (Å²) in [5, 5.41) is 2.78. The van der Waals surface area contributed by atoms with Crippen molar-refractivity contribution >= 4 is 17.3 Å². The van der Waals surface area contributed by atoms with Crippen LogP contribution in [-0.2, 0) is 0 Å². The van der Waals surface area contributed by atoms with Crippen molar-refractivity contribution in [3.63, 3.8) is 0 Å². The SMILES string of the molecule is COc1ccc(NC(=O)c2cc(N)cnc2C)c(OC)c1. The molecule has 0 bridgehead atoms. The number of nitrogens with zero attached hydrogens (tertiary/aromatic N) is 1. The Kier molecular flexibility index (Phi) is 4.27. The average Bonchev–Trinajstić information content (AvgIpc) is 2.49. The molecule has 0 saturated carbocycles. The summed E-state index contributed by atoms with van der Waals surface area (Å²) in [4.78, 5) is 16.4. The Hall–Kier alpha value is -2.76. The molecule has 1 heterocycles. The largest absolute Gasteiger partial charge is 0.497 e. The molecule has 0 radical (unpaired) electrons. The highest BCUT2D eigenvalue weighted by atomic mass is 16.5. The molecule has 1 amide bonds. The van der Waals surface area contributed by atoms with Gasteiger partial charge >= 0.3 is 0 Å². The first-order valence-corrected chi connectivity index (χ1v) is 6.30. The number of nitrogens with two attached hydrogens (primary N) is 1. The van der Waals surface area contributed by atoms with Gasteiger partial charge in [-0.15, -0.1) is 0 Å². The van der Waals surface area contributed by atoms with Crippen LogP contribution in [0, 0.1) is 6.92 Å². The molecule has 1 aromatic carbocycles. The number of amides is 1. The quantitative estimate of drug-likeness (QED) is 0.900. The highest BCUT2D eigenvalue weighted by Crippen LogP contribution is 2.29. The number of aromatic nitrogens is 1. The molecule has 2 aromatic rings. The topological polar surface area (TPSA) is 86.5 Å². The third kappa shape index (κ3) is 3.22. The molecule has 1 aromatic heterocycles. The highest BCUT2D eigenvalue weighted by Gasteiger charge is 2.13. The molecule has 0 saturated heterocycles. The van der Waals surface area contributed by atoms with Crippen LogP contribution in [0.3, 0.4) is 0 Å². The summed E-state index contributed by atoms with van der Waals surface area (Å²) >= 11 is 0. The number of carbonyl (C=O) groups excluding carboxylic acids is 1. The van der Waals surface area contributed by atoms with E-state index >= 15 is 0 Å². The fraction of sp³-hybridized carbons (Fsp3) is 0.200. The Balaban J connectivity index is 2.29. The minimum Gasteiger partial charge on any atom is -0.497 e. The maximum atomic E-state index is 12.3. The molecule has 0 aliphatic carbocycles. The molecule has 0 spiro atoms. The number of rotatable bonds is 4. The molecule has 0 aliphatic heterocycles. The maximum absolute atomic E-state index is 12.3. The van der Waals surface area contributed by atoms with Crippen LogP contribution < -0.4 is 20.5 Å². The van der Waals surface area contributed by atoms with Gasteiger partial charge in [0.15, 0.2) is 0 Å². The van der Waals surface area contributed by atoms with E-state index in [4.69, 9.17) is 15.2 Å². The Bertz CT molecular complexity index is 671.